The molecule has 29 heavy (non-hydrogen) atoms. The first-order valence-corrected chi connectivity index (χ1v) is 10.4. The van der Waals surface area contributed by atoms with Gasteiger partial charge >= 0.3 is 0 Å². The Morgan fingerprint density at radius 3 is 2.21 bits per heavy atom. The second-order valence-electron chi connectivity index (χ2n) is 8.47. The van der Waals surface area contributed by atoms with Gasteiger partial charge in [0.05, 0.1) is 10.0 Å². The predicted molar refractivity (Wildman–Crippen MR) is 121 cm³/mol. The van der Waals surface area contributed by atoms with E-state index in [1.54, 1.807) is 18.2 Å². The van der Waals surface area contributed by atoms with Crippen LogP contribution in [-0.2, 0) is 5.41 Å². The van der Waals surface area contributed by atoms with Gasteiger partial charge in [0, 0.05) is 22.2 Å². The molecule has 2 nitrogen and oxygen atoms in total. The summed E-state index contributed by atoms with van der Waals surface area (Å²) < 4.78 is 0. The highest BCUT2D eigenvalue weighted by Gasteiger charge is 2.47. The smallest absolute Gasteiger partial charge is 0.258 e. The summed E-state index contributed by atoms with van der Waals surface area (Å²) in [5, 5.41) is 0.827. The van der Waals surface area contributed by atoms with Gasteiger partial charge in [0.25, 0.3) is 5.91 Å². The summed E-state index contributed by atoms with van der Waals surface area (Å²) in [5.74, 6) is -0.0730. The van der Waals surface area contributed by atoms with Crippen LogP contribution < -0.4 is 4.90 Å². The van der Waals surface area contributed by atoms with Crippen LogP contribution in [0.15, 0.2) is 72.8 Å². The zero-order chi connectivity index (χ0) is 20.8. The molecule has 3 aromatic rings. The number of fused-ring (bicyclic) bond motifs is 1. The summed E-state index contributed by atoms with van der Waals surface area (Å²) in [6.07, 6.45) is 0.800. The second-order valence-corrected chi connectivity index (χ2v) is 9.29. The number of halogens is 2. The Morgan fingerprint density at radius 1 is 0.862 bits per heavy atom. The van der Waals surface area contributed by atoms with Gasteiger partial charge in [0.1, 0.15) is 0 Å². The molecule has 0 aromatic heterocycles. The molecule has 1 heterocycles. The van der Waals surface area contributed by atoms with Crippen LogP contribution in [0.5, 0.6) is 0 Å². The molecule has 1 amide bonds. The molecule has 0 saturated heterocycles. The van der Waals surface area contributed by atoms with Crippen LogP contribution >= 0.6 is 23.2 Å². The van der Waals surface area contributed by atoms with E-state index in [-0.39, 0.29) is 11.3 Å². The Bertz CT molecular complexity index is 1080. The molecule has 0 saturated carbocycles. The van der Waals surface area contributed by atoms with Crippen molar-refractivity contribution in [3.05, 3.63) is 99.5 Å². The van der Waals surface area contributed by atoms with Crippen molar-refractivity contribution in [1.29, 1.82) is 0 Å². The Balaban J connectivity index is 1.88. The highest BCUT2D eigenvalue weighted by Crippen LogP contribution is 2.50. The molecule has 1 atom stereocenters. The van der Waals surface area contributed by atoms with Crippen LogP contribution in [0, 0.1) is 0 Å². The van der Waals surface area contributed by atoms with E-state index in [0.29, 0.717) is 15.6 Å². The average molecular weight is 424 g/mol. The zero-order valence-electron chi connectivity index (χ0n) is 16.7. The van der Waals surface area contributed by atoms with Gasteiger partial charge in [-0.05, 0) is 55.7 Å². The first-order chi connectivity index (χ1) is 13.7. The molecule has 0 bridgehead atoms. The van der Waals surface area contributed by atoms with E-state index < -0.39 is 5.54 Å². The zero-order valence-corrected chi connectivity index (χ0v) is 18.3. The van der Waals surface area contributed by atoms with Gasteiger partial charge in [-0.15, -0.1) is 0 Å². The van der Waals surface area contributed by atoms with Gasteiger partial charge < -0.3 is 4.90 Å². The van der Waals surface area contributed by atoms with E-state index in [0.717, 1.165) is 17.7 Å². The molecule has 4 heteroatoms. The third kappa shape index (κ3) is 3.35. The Morgan fingerprint density at radius 2 is 1.52 bits per heavy atom. The largest absolute Gasteiger partial charge is 0.302 e. The summed E-state index contributed by atoms with van der Waals surface area (Å²) in [6.45, 7) is 6.52. The fourth-order valence-corrected chi connectivity index (χ4v) is 5.01. The van der Waals surface area contributed by atoms with E-state index >= 15 is 0 Å². The Labute approximate surface area is 182 Å². The van der Waals surface area contributed by atoms with Crippen molar-refractivity contribution in [2.45, 2.75) is 38.1 Å². The first kappa shape index (κ1) is 20.0. The Hall–Kier alpha value is -2.29. The van der Waals surface area contributed by atoms with Crippen LogP contribution in [0.4, 0.5) is 5.69 Å². The molecule has 0 radical (unpaired) electrons. The fourth-order valence-electron chi connectivity index (χ4n) is 4.71. The number of carbonyl (C=O) groups excluding carboxylic acids is 1. The minimum Gasteiger partial charge on any atom is -0.302 e. The molecule has 0 N–H and O–H groups in total. The Kier molecular flexibility index (Phi) is 4.96. The lowest BCUT2D eigenvalue weighted by Crippen LogP contribution is -2.55. The summed E-state index contributed by atoms with van der Waals surface area (Å²) in [4.78, 5) is 15.5. The van der Waals surface area contributed by atoms with Crippen LogP contribution in [0.1, 0.15) is 48.7 Å². The molecule has 3 aromatic carbocycles. The van der Waals surface area contributed by atoms with Gasteiger partial charge in [-0.25, -0.2) is 0 Å². The van der Waals surface area contributed by atoms with E-state index in [1.165, 1.54) is 5.56 Å². The van der Waals surface area contributed by atoms with E-state index in [2.05, 4.69) is 51.1 Å². The van der Waals surface area contributed by atoms with Gasteiger partial charge in [0.15, 0.2) is 0 Å². The van der Waals surface area contributed by atoms with E-state index in [1.807, 2.05) is 29.2 Å². The van der Waals surface area contributed by atoms with Crippen LogP contribution in [-0.4, -0.2) is 11.4 Å². The van der Waals surface area contributed by atoms with Crippen LogP contribution in [0.25, 0.3) is 0 Å². The van der Waals surface area contributed by atoms with Crippen molar-refractivity contribution in [2.24, 2.45) is 0 Å². The standard InChI is InChI=1S/C25H23Cl2NO/c1-24(2)16-25(3,18-9-5-4-6-10-18)19-11-7-8-12-22(19)28(24)23(29)17-13-14-20(26)21(27)15-17/h4-15H,16H2,1-3H3. The first-order valence-electron chi connectivity index (χ1n) is 9.69. The molecule has 4 rings (SSSR count). The number of hydrogen-bond acceptors (Lipinski definition) is 1. The number of para-hydroxylation sites is 1. The highest BCUT2D eigenvalue weighted by molar-refractivity contribution is 6.42. The number of benzene rings is 3. The fraction of sp³-hybridized carbons (Fsp3) is 0.240. The molecule has 1 aliphatic rings. The highest BCUT2D eigenvalue weighted by atomic mass is 35.5. The minimum absolute atomic E-state index is 0.0730. The van der Waals surface area contributed by atoms with E-state index in [4.69, 9.17) is 23.2 Å². The summed E-state index contributed by atoms with van der Waals surface area (Å²) in [6, 6.07) is 23.8. The molecular weight excluding hydrogens is 401 g/mol. The van der Waals surface area contributed by atoms with Crippen LogP contribution in [0.2, 0.25) is 10.0 Å². The maximum atomic E-state index is 13.6. The van der Waals surface area contributed by atoms with Gasteiger partial charge in [-0.2, -0.15) is 0 Å². The lowest BCUT2D eigenvalue weighted by Gasteiger charge is -2.51. The molecule has 0 fully saturated rings. The maximum Gasteiger partial charge on any atom is 0.258 e. The monoisotopic (exact) mass is 423 g/mol. The normalized spacial score (nSPS) is 20.2. The number of carbonyl (C=O) groups is 1. The average Bonchev–Trinajstić information content (AvgIpc) is 2.70. The summed E-state index contributed by atoms with van der Waals surface area (Å²) in [7, 11) is 0. The maximum absolute atomic E-state index is 13.6. The van der Waals surface area contributed by atoms with Crippen molar-refractivity contribution in [1.82, 2.24) is 0 Å². The molecule has 0 spiro atoms. The number of anilines is 1. The SMILES string of the molecule is CC1(c2ccccc2)CC(C)(C)N(C(=O)c2ccc(Cl)c(Cl)c2)c2ccccc21. The number of amides is 1. The van der Waals surface area contributed by atoms with Crippen molar-refractivity contribution in [3.63, 3.8) is 0 Å². The number of nitrogens with zero attached hydrogens (tertiary/aromatic N) is 1. The van der Waals surface area contributed by atoms with Crippen molar-refractivity contribution in [3.8, 4) is 0 Å². The molecule has 148 valence electrons. The lowest BCUT2D eigenvalue weighted by atomic mass is 9.65. The van der Waals surface area contributed by atoms with Crippen molar-refractivity contribution in [2.75, 3.05) is 4.90 Å². The second kappa shape index (κ2) is 7.19. The van der Waals surface area contributed by atoms with Gasteiger partial charge in [0.2, 0.25) is 0 Å². The third-order valence-corrected chi connectivity index (χ3v) is 6.65. The quantitative estimate of drug-likeness (QED) is 0.429. The minimum atomic E-state index is -0.401. The molecule has 0 aliphatic carbocycles. The van der Waals surface area contributed by atoms with Crippen molar-refractivity contribution < 1.29 is 4.79 Å². The topological polar surface area (TPSA) is 20.3 Å². The van der Waals surface area contributed by atoms with Crippen LogP contribution in [0.3, 0.4) is 0 Å². The summed E-state index contributed by atoms with van der Waals surface area (Å²) in [5.41, 5.74) is 3.27. The lowest BCUT2D eigenvalue weighted by molar-refractivity contribution is 0.0948. The number of rotatable bonds is 2. The molecule has 1 unspecified atom stereocenters. The van der Waals surface area contributed by atoms with Gasteiger partial charge in [-0.1, -0.05) is 78.7 Å². The number of hydrogen-bond donors (Lipinski definition) is 0. The van der Waals surface area contributed by atoms with Gasteiger partial charge in [-0.3, -0.25) is 4.79 Å². The summed E-state index contributed by atoms with van der Waals surface area (Å²) >= 11 is 12.2. The molecule has 1 aliphatic heterocycles. The molecular formula is C25H23Cl2NO. The third-order valence-electron chi connectivity index (χ3n) is 5.91. The van der Waals surface area contributed by atoms with E-state index in [9.17, 15) is 4.79 Å². The predicted octanol–water partition coefficient (Wildman–Crippen LogP) is 7.13. The van der Waals surface area contributed by atoms with Crippen molar-refractivity contribution >= 4 is 34.8 Å².